The molecular formula is C14H21N3O2S. The van der Waals surface area contributed by atoms with Gasteiger partial charge in [-0.1, -0.05) is 18.7 Å². The monoisotopic (exact) mass is 295 g/mol. The second-order valence-corrected chi connectivity index (χ2v) is 5.58. The van der Waals surface area contributed by atoms with Crippen molar-refractivity contribution in [2.24, 2.45) is 0 Å². The largest absolute Gasteiger partial charge is 0.497 e. The van der Waals surface area contributed by atoms with Gasteiger partial charge >= 0.3 is 0 Å². The van der Waals surface area contributed by atoms with Crippen LogP contribution < -0.4 is 10.1 Å². The van der Waals surface area contributed by atoms with Crippen molar-refractivity contribution in [3.8, 4) is 5.75 Å². The number of methoxy groups -OCH3 is 1. The quantitative estimate of drug-likeness (QED) is 0.650. The molecule has 0 aliphatic rings. The molecule has 2 rings (SSSR count). The lowest BCUT2D eigenvalue weighted by Crippen LogP contribution is -2.35. The molecule has 1 aromatic heterocycles. The lowest BCUT2D eigenvalue weighted by atomic mass is 10.3. The zero-order valence-corrected chi connectivity index (χ0v) is 12.7. The molecule has 6 heteroatoms. The minimum absolute atomic E-state index is 0.0997. The van der Waals surface area contributed by atoms with Crippen LogP contribution in [0.2, 0.25) is 0 Å². The molecule has 0 amide bonds. The maximum absolute atomic E-state index is 9.32. The van der Waals surface area contributed by atoms with Crippen LogP contribution in [0.4, 0.5) is 0 Å². The first-order valence-corrected chi connectivity index (χ1v) is 7.76. The SMILES string of the molecule is CCCNC(CO)CSc1nc2ccc(OC)cc2[nH]1. The van der Waals surface area contributed by atoms with Gasteiger partial charge < -0.3 is 20.1 Å². The number of hydrogen-bond acceptors (Lipinski definition) is 5. The predicted molar refractivity (Wildman–Crippen MR) is 82.5 cm³/mol. The summed E-state index contributed by atoms with van der Waals surface area (Å²) in [6.07, 6.45) is 1.06. The Bertz CT molecular complexity index is 544. The number of nitrogens with one attached hydrogen (secondary N) is 2. The normalized spacial score (nSPS) is 12.8. The van der Waals surface area contributed by atoms with Gasteiger partial charge in [-0.25, -0.2) is 4.98 Å². The Morgan fingerprint density at radius 1 is 1.50 bits per heavy atom. The number of aliphatic hydroxyl groups excluding tert-OH is 1. The predicted octanol–water partition coefficient (Wildman–Crippen LogP) is 2.02. The summed E-state index contributed by atoms with van der Waals surface area (Å²) in [7, 11) is 1.65. The van der Waals surface area contributed by atoms with E-state index in [4.69, 9.17) is 4.74 Å². The number of aliphatic hydroxyl groups is 1. The number of rotatable bonds is 8. The third kappa shape index (κ3) is 3.88. The van der Waals surface area contributed by atoms with E-state index in [2.05, 4.69) is 22.2 Å². The maximum Gasteiger partial charge on any atom is 0.166 e. The molecule has 0 fully saturated rings. The highest BCUT2D eigenvalue weighted by molar-refractivity contribution is 7.99. The highest BCUT2D eigenvalue weighted by Gasteiger charge is 2.09. The Hall–Kier alpha value is -1.24. The minimum Gasteiger partial charge on any atom is -0.497 e. The van der Waals surface area contributed by atoms with E-state index in [0.29, 0.717) is 0 Å². The molecular weight excluding hydrogens is 274 g/mol. The van der Waals surface area contributed by atoms with Crippen LogP contribution in [0, 0.1) is 0 Å². The summed E-state index contributed by atoms with van der Waals surface area (Å²) in [5.41, 5.74) is 1.89. The van der Waals surface area contributed by atoms with Crippen LogP contribution in [0.15, 0.2) is 23.4 Å². The van der Waals surface area contributed by atoms with Crippen LogP contribution in [0.1, 0.15) is 13.3 Å². The Balaban J connectivity index is 1.98. The molecule has 0 spiro atoms. The fraction of sp³-hybridized carbons (Fsp3) is 0.500. The summed E-state index contributed by atoms with van der Waals surface area (Å²) in [5.74, 6) is 1.60. The average Bonchev–Trinajstić information content (AvgIpc) is 2.89. The van der Waals surface area contributed by atoms with Crippen molar-refractivity contribution >= 4 is 22.8 Å². The third-order valence-electron chi connectivity index (χ3n) is 2.99. The Morgan fingerprint density at radius 3 is 3.05 bits per heavy atom. The number of ether oxygens (including phenoxy) is 1. The van der Waals surface area contributed by atoms with E-state index in [1.165, 1.54) is 0 Å². The molecule has 1 aromatic carbocycles. The second-order valence-electron chi connectivity index (χ2n) is 4.57. The van der Waals surface area contributed by atoms with E-state index in [1.54, 1.807) is 18.9 Å². The van der Waals surface area contributed by atoms with Crippen LogP contribution in [0.3, 0.4) is 0 Å². The van der Waals surface area contributed by atoms with E-state index in [1.807, 2.05) is 18.2 Å². The summed E-state index contributed by atoms with van der Waals surface area (Å²) in [4.78, 5) is 7.79. The van der Waals surface area contributed by atoms with Crippen LogP contribution in [-0.4, -0.2) is 47.1 Å². The first-order chi connectivity index (χ1) is 9.76. The van der Waals surface area contributed by atoms with Crippen molar-refractivity contribution in [3.05, 3.63) is 18.2 Å². The van der Waals surface area contributed by atoms with E-state index >= 15 is 0 Å². The molecule has 1 unspecified atom stereocenters. The van der Waals surface area contributed by atoms with Crippen LogP contribution in [-0.2, 0) is 0 Å². The summed E-state index contributed by atoms with van der Waals surface area (Å²) < 4.78 is 5.19. The van der Waals surface area contributed by atoms with Crippen molar-refractivity contribution in [1.82, 2.24) is 15.3 Å². The number of thioether (sulfide) groups is 1. The van der Waals surface area contributed by atoms with Crippen LogP contribution >= 0.6 is 11.8 Å². The van der Waals surface area contributed by atoms with Gasteiger partial charge in [-0.2, -0.15) is 0 Å². The fourth-order valence-corrected chi connectivity index (χ4v) is 2.79. The lowest BCUT2D eigenvalue weighted by molar-refractivity contribution is 0.254. The first-order valence-electron chi connectivity index (χ1n) is 6.77. The molecule has 0 saturated heterocycles. The van der Waals surface area contributed by atoms with E-state index in [-0.39, 0.29) is 12.6 Å². The van der Waals surface area contributed by atoms with E-state index in [9.17, 15) is 5.11 Å². The number of H-pyrrole nitrogens is 1. The van der Waals surface area contributed by atoms with Gasteiger partial charge in [0.15, 0.2) is 5.16 Å². The number of aromatic amines is 1. The first kappa shape index (κ1) is 15.2. The van der Waals surface area contributed by atoms with Gasteiger partial charge in [-0.05, 0) is 25.1 Å². The molecule has 110 valence electrons. The molecule has 0 aliphatic carbocycles. The number of hydrogen-bond donors (Lipinski definition) is 3. The van der Waals surface area contributed by atoms with Gasteiger partial charge in [0.2, 0.25) is 0 Å². The van der Waals surface area contributed by atoms with Crippen LogP contribution in [0.5, 0.6) is 5.75 Å². The standard InChI is InChI=1S/C14H21N3O2S/c1-3-6-15-10(8-18)9-20-14-16-12-5-4-11(19-2)7-13(12)17-14/h4-5,7,10,15,18H,3,6,8-9H2,1-2H3,(H,16,17). The number of aromatic nitrogens is 2. The number of imidazole rings is 1. The van der Waals surface area contributed by atoms with Gasteiger partial charge in [0.05, 0.1) is 24.8 Å². The molecule has 1 heterocycles. The smallest absolute Gasteiger partial charge is 0.166 e. The Labute approximate surface area is 123 Å². The highest BCUT2D eigenvalue weighted by atomic mass is 32.2. The van der Waals surface area contributed by atoms with Gasteiger partial charge in [0.25, 0.3) is 0 Å². The summed E-state index contributed by atoms with van der Waals surface area (Å²) in [6, 6.07) is 5.87. The average molecular weight is 295 g/mol. The number of benzene rings is 1. The van der Waals surface area contributed by atoms with Gasteiger partial charge in [0, 0.05) is 17.9 Å². The second kappa shape index (κ2) is 7.52. The fourth-order valence-electron chi connectivity index (χ4n) is 1.86. The van der Waals surface area contributed by atoms with Crippen molar-refractivity contribution < 1.29 is 9.84 Å². The summed E-state index contributed by atoms with van der Waals surface area (Å²) >= 11 is 1.61. The molecule has 0 radical (unpaired) electrons. The topological polar surface area (TPSA) is 70.2 Å². The molecule has 0 saturated carbocycles. The summed E-state index contributed by atoms with van der Waals surface area (Å²) in [5, 5.41) is 13.5. The van der Waals surface area contributed by atoms with Gasteiger partial charge in [-0.15, -0.1) is 0 Å². The Morgan fingerprint density at radius 2 is 2.35 bits per heavy atom. The molecule has 0 bridgehead atoms. The van der Waals surface area contributed by atoms with E-state index < -0.39 is 0 Å². The molecule has 0 aliphatic heterocycles. The third-order valence-corrected chi connectivity index (χ3v) is 4.03. The highest BCUT2D eigenvalue weighted by Crippen LogP contribution is 2.23. The zero-order valence-electron chi connectivity index (χ0n) is 11.8. The van der Waals surface area contributed by atoms with Crippen molar-refractivity contribution in [2.75, 3.05) is 26.0 Å². The van der Waals surface area contributed by atoms with Crippen LogP contribution in [0.25, 0.3) is 11.0 Å². The molecule has 5 nitrogen and oxygen atoms in total. The molecule has 2 aromatic rings. The van der Waals surface area contributed by atoms with Gasteiger partial charge in [-0.3, -0.25) is 0 Å². The molecule has 1 atom stereocenters. The van der Waals surface area contributed by atoms with Crippen molar-refractivity contribution in [1.29, 1.82) is 0 Å². The maximum atomic E-state index is 9.32. The lowest BCUT2D eigenvalue weighted by Gasteiger charge is -2.14. The molecule has 20 heavy (non-hydrogen) atoms. The molecule has 3 N–H and O–H groups in total. The number of nitrogens with zero attached hydrogens (tertiary/aromatic N) is 1. The summed E-state index contributed by atoms with van der Waals surface area (Å²) in [6.45, 7) is 3.17. The van der Waals surface area contributed by atoms with Crippen molar-refractivity contribution in [3.63, 3.8) is 0 Å². The van der Waals surface area contributed by atoms with Gasteiger partial charge in [0.1, 0.15) is 5.75 Å². The number of fused-ring (bicyclic) bond motifs is 1. The zero-order chi connectivity index (χ0) is 14.4. The van der Waals surface area contributed by atoms with Crippen molar-refractivity contribution in [2.45, 2.75) is 24.5 Å². The Kier molecular flexibility index (Phi) is 5.70. The van der Waals surface area contributed by atoms with E-state index in [0.717, 1.165) is 40.7 Å². The minimum atomic E-state index is 0.0997.